The van der Waals surface area contributed by atoms with Gasteiger partial charge < -0.3 is 9.64 Å². The van der Waals surface area contributed by atoms with E-state index >= 15 is 0 Å². The molecule has 2 aromatic rings. The molecular weight excluding hydrogens is 432 g/mol. The Morgan fingerprint density at radius 3 is 2.68 bits per heavy atom. The van der Waals surface area contributed by atoms with Crippen LogP contribution in [-0.4, -0.2) is 71.6 Å². The highest BCUT2D eigenvalue weighted by Gasteiger charge is 2.68. The third-order valence-corrected chi connectivity index (χ3v) is 8.28. The van der Waals surface area contributed by atoms with E-state index in [0.717, 1.165) is 55.1 Å². The molecule has 2 aromatic carbocycles. The van der Waals surface area contributed by atoms with Gasteiger partial charge in [-0.2, -0.15) is 0 Å². The number of carbonyl (C=O) groups is 2. The maximum atomic E-state index is 13.8. The molecule has 0 bridgehead atoms. The van der Waals surface area contributed by atoms with Gasteiger partial charge in [0, 0.05) is 36.8 Å². The first-order chi connectivity index (χ1) is 16.6. The summed E-state index contributed by atoms with van der Waals surface area (Å²) in [4.78, 5) is 36.3. The average Bonchev–Trinajstić information content (AvgIpc) is 3.47. The number of urea groups is 1. The zero-order chi connectivity index (χ0) is 23.3. The fraction of sp³-hybridized carbons (Fsp3) is 0.520. The molecule has 0 aromatic heterocycles. The van der Waals surface area contributed by atoms with Crippen molar-refractivity contribution in [2.24, 2.45) is 11.0 Å². The molecule has 3 atom stereocenters. The number of ether oxygens (including phenoxy) is 1. The molecule has 34 heavy (non-hydrogen) atoms. The van der Waals surface area contributed by atoms with E-state index in [1.54, 1.807) is 0 Å². The minimum Gasteiger partial charge on any atom is -0.379 e. The van der Waals surface area contributed by atoms with Gasteiger partial charge in [-0.05, 0) is 47.0 Å². The molecule has 0 unspecified atom stereocenters. The molecular formula is C25H28N6O3. The predicted molar refractivity (Wildman–Crippen MR) is 126 cm³/mol. The average molecular weight is 461 g/mol. The van der Waals surface area contributed by atoms with Gasteiger partial charge in [0.05, 0.1) is 19.3 Å². The van der Waals surface area contributed by atoms with Crippen molar-refractivity contribution in [3.63, 3.8) is 0 Å². The van der Waals surface area contributed by atoms with Gasteiger partial charge in [-0.1, -0.05) is 47.9 Å². The Bertz CT molecular complexity index is 1200. The van der Waals surface area contributed by atoms with Gasteiger partial charge in [0.15, 0.2) is 0 Å². The Kier molecular flexibility index (Phi) is 5.21. The second kappa shape index (κ2) is 8.27. The molecule has 1 saturated carbocycles. The maximum absolute atomic E-state index is 13.8. The third-order valence-electron chi connectivity index (χ3n) is 8.28. The lowest BCUT2D eigenvalue weighted by molar-refractivity contribution is -0.133. The number of rotatable bonds is 5. The lowest BCUT2D eigenvalue weighted by Crippen LogP contribution is -2.48. The zero-order valence-corrected chi connectivity index (χ0v) is 19.1. The molecule has 9 nitrogen and oxygen atoms in total. The molecule has 4 fully saturated rings. The van der Waals surface area contributed by atoms with Crippen LogP contribution in [0.5, 0.6) is 0 Å². The molecule has 3 heterocycles. The number of nitrogens with zero attached hydrogens (tertiary/aromatic N) is 6. The van der Waals surface area contributed by atoms with Gasteiger partial charge in [-0.15, -0.1) is 0 Å². The van der Waals surface area contributed by atoms with Crippen molar-refractivity contribution in [3.8, 4) is 0 Å². The van der Waals surface area contributed by atoms with E-state index < -0.39 is 5.54 Å². The van der Waals surface area contributed by atoms with E-state index in [4.69, 9.17) is 10.3 Å². The Balaban J connectivity index is 1.37. The molecule has 176 valence electrons. The number of fused-ring (bicyclic) bond motifs is 1. The minimum atomic E-state index is -0.711. The van der Waals surface area contributed by atoms with Crippen LogP contribution in [0.4, 0.5) is 10.5 Å². The van der Waals surface area contributed by atoms with Gasteiger partial charge in [-0.25, -0.2) is 4.79 Å². The molecule has 1 spiro atoms. The summed E-state index contributed by atoms with van der Waals surface area (Å²) in [7, 11) is 0. The van der Waals surface area contributed by atoms with Crippen LogP contribution in [0.3, 0.4) is 0 Å². The van der Waals surface area contributed by atoms with Crippen molar-refractivity contribution in [3.05, 3.63) is 52.4 Å². The number of azide groups is 1. The van der Waals surface area contributed by atoms with Crippen molar-refractivity contribution in [1.29, 1.82) is 0 Å². The highest BCUT2D eigenvalue weighted by molar-refractivity contribution is 6.08. The van der Waals surface area contributed by atoms with Gasteiger partial charge in [0.2, 0.25) is 0 Å². The van der Waals surface area contributed by atoms with E-state index in [1.165, 1.54) is 4.90 Å². The van der Waals surface area contributed by atoms with Crippen molar-refractivity contribution < 1.29 is 14.3 Å². The smallest absolute Gasteiger partial charge is 0.328 e. The van der Waals surface area contributed by atoms with Gasteiger partial charge in [0.25, 0.3) is 5.91 Å². The summed E-state index contributed by atoms with van der Waals surface area (Å²) in [5.41, 5.74) is 9.87. The lowest BCUT2D eigenvalue weighted by Gasteiger charge is -2.31. The van der Waals surface area contributed by atoms with Crippen molar-refractivity contribution in [2.45, 2.75) is 37.3 Å². The highest BCUT2D eigenvalue weighted by atomic mass is 16.5. The van der Waals surface area contributed by atoms with Crippen LogP contribution < -0.4 is 0 Å². The summed E-state index contributed by atoms with van der Waals surface area (Å²) in [5, 5.41) is 5.70. The van der Waals surface area contributed by atoms with Gasteiger partial charge in [0.1, 0.15) is 5.54 Å². The van der Waals surface area contributed by atoms with Crippen LogP contribution in [0.2, 0.25) is 0 Å². The largest absolute Gasteiger partial charge is 0.379 e. The fourth-order valence-corrected chi connectivity index (χ4v) is 6.74. The number of carbonyl (C=O) groups excluding carboxylic acids is 2. The Morgan fingerprint density at radius 2 is 1.88 bits per heavy atom. The van der Waals surface area contributed by atoms with Crippen LogP contribution in [0, 0.1) is 5.92 Å². The summed E-state index contributed by atoms with van der Waals surface area (Å²) < 4.78 is 5.43. The van der Waals surface area contributed by atoms with Crippen LogP contribution in [0.15, 0.2) is 41.5 Å². The first-order valence-electron chi connectivity index (χ1n) is 12.2. The quantitative estimate of drug-likeness (QED) is 0.286. The standard InChI is InChI=1S/C25H28N6O3/c26-28-27-21-8-7-20(18-5-1-2-6-19(18)21)22-16-17-4-3-9-25(17)23(32)30(24(33)31(22)25)11-10-29-12-14-34-15-13-29/h1-2,5-8,17,22H,3-4,9-16H2/t17-,22+,25-/m0/s1. The number of hydrogen-bond donors (Lipinski definition) is 0. The number of morpholine rings is 1. The number of hydrogen-bond acceptors (Lipinski definition) is 5. The van der Waals surface area contributed by atoms with Gasteiger partial charge >= 0.3 is 6.03 Å². The molecule has 6 rings (SSSR count). The topological polar surface area (TPSA) is 102 Å². The Morgan fingerprint density at radius 1 is 1.09 bits per heavy atom. The molecule has 9 heteroatoms. The molecule has 1 aliphatic carbocycles. The second-order valence-corrected chi connectivity index (χ2v) is 9.74. The van der Waals surface area contributed by atoms with Gasteiger partial charge in [-0.3, -0.25) is 14.6 Å². The van der Waals surface area contributed by atoms with E-state index in [-0.39, 0.29) is 23.9 Å². The molecule has 4 aliphatic rings. The summed E-state index contributed by atoms with van der Waals surface area (Å²) in [6.07, 6.45) is 3.47. The molecule has 0 N–H and O–H groups in total. The van der Waals surface area contributed by atoms with Crippen LogP contribution in [-0.2, 0) is 9.53 Å². The summed E-state index contributed by atoms with van der Waals surface area (Å²) in [6, 6.07) is 11.3. The number of imide groups is 1. The van der Waals surface area contributed by atoms with E-state index in [2.05, 4.69) is 14.9 Å². The van der Waals surface area contributed by atoms with Crippen molar-refractivity contribution in [1.82, 2.24) is 14.7 Å². The summed E-state index contributed by atoms with van der Waals surface area (Å²) in [5.74, 6) is 0.170. The minimum absolute atomic E-state index is 0.00855. The first-order valence-corrected chi connectivity index (χ1v) is 12.2. The fourth-order valence-electron chi connectivity index (χ4n) is 6.74. The monoisotopic (exact) mass is 460 g/mol. The Labute approximate surface area is 197 Å². The second-order valence-electron chi connectivity index (χ2n) is 9.74. The normalized spacial score (nSPS) is 28.9. The number of benzene rings is 2. The third kappa shape index (κ3) is 3.04. The number of amides is 3. The maximum Gasteiger partial charge on any atom is 0.328 e. The molecule has 3 amide bonds. The molecule has 3 saturated heterocycles. The Hall–Kier alpha value is -3.13. The van der Waals surface area contributed by atoms with E-state index in [9.17, 15) is 9.59 Å². The van der Waals surface area contributed by atoms with E-state index in [0.29, 0.717) is 32.0 Å². The molecule has 0 radical (unpaired) electrons. The SMILES string of the molecule is [N-]=[N+]=Nc1ccc([C@H]2C[C@@H]3CCC[C@@]34C(=O)N(CCN3CCOCC3)C(=O)N24)c2ccccc12. The molecule has 3 aliphatic heterocycles. The summed E-state index contributed by atoms with van der Waals surface area (Å²) in [6.45, 7) is 4.16. The lowest BCUT2D eigenvalue weighted by atomic mass is 9.87. The van der Waals surface area contributed by atoms with Crippen molar-refractivity contribution in [2.75, 3.05) is 39.4 Å². The van der Waals surface area contributed by atoms with Crippen molar-refractivity contribution >= 4 is 28.4 Å². The van der Waals surface area contributed by atoms with E-state index in [1.807, 2.05) is 41.3 Å². The first kappa shape index (κ1) is 21.4. The summed E-state index contributed by atoms with van der Waals surface area (Å²) >= 11 is 0. The highest BCUT2D eigenvalue weighted by Crippen LogP contribution is 2.59. The predicted octanol–water partition coefficient (Wildman–Crippen LogP) is 4.36. The van der Waals surface area contributed by atoms with Crippen LogP contribution in [0.1, 0.15) is 37.3 Å². The zero-order valence-electron chi connectivity index (χ0n) is 19.1. The van der Waals surface area contributed by atoms with Crippen LogP contribution in [0.25, 0.3) is 21.2 Å². The van der Waals surface area contributed by atoms with Crippen LogP contribution >= 0.6 is 0 Å².